The monoisotopic (exact) mass is 418 g/mol. The second-order valence-corrected chi connectivity index (χ2v) is 8.94. The highest BCUT2D eigenvalue weighted by atomic mass is 16.2. The Morgan fingerprint density at radius 3 is 2.45 bits per heavy atom. The van der Waals surface area contributed by atoms with Gasteiger partial charge in [-0.25, -0.2) is 0 Å². The normalized spacial score (nSPS) is 21.8. The summed E-state index contributed by atoms with van der Waals surface area (Å²) < 4.78 is 0. The number of carbonyl (C=O) groups is 3. The molecule has 0 bridgehead atoms. The SMILES string of the molecule is NC1(CNCc2cccc3c2C(=O)N(C2CCC(=O)NC2=O)C3)Cc2ccccc2C1. The molecule has 2 heterocycles. The number of piperidine rings is 1. The molecule has 2 aromatic carbocycles. The molecule has 4 N–H and O–H groups in total. The van der Waals surface area contributed by atoms with Crippen LogP contribution in [0.15, 0.2) is 42.5 Å². The standard InChI is InChI=1S/C24H26N4O3/c25-24(10-15-4-1-2-5-16(15)11-24)14-26-12-17-6-3-7-18-13-28(23(31)21(17)18)19-8-9-20(29)27-22(19)30/h1-7,19,26H,8-14,25H2,(H,27,29,30). The number of rotatable bonds is 5. The first kappa shape index (κ1) is 19.9. The van der Waals surface area contributed by atoms with E-state index in [1.807, 2.05) is 30.3 Å². The number of amides is 3. The number of benzene rings is 2. The van der Waals surface area contributed by atoms with E-state index < -0.39 is 6.04 Å². The smallest absolute Gasteiger partial charge is 0.255 e. The molecule has 0 spiro atoms. The lowest BCUT2D eigenvalue weighted by atomic mass is 9.96. The molecule has 0 aromatic heterocycles. The summed E-state index contributed by atoms with van der Waals surface area (Å²) in [5, 5.41) is 5.81. The molecular weight excluding hydrogens is 392 g/mol. The molecule has 31 heavy (non-hydrogen) atoms. The van der Waals surface area contributed by atoms with Gasteiger partial charge in [0.2, 0.25) is 11.8 Å². The number of imide groups is 1. The molecule has 1 unspecified atom stereocenters. The van der Waals surface area contributed by atoms with Gasteiger partial charge in [-0.15, -0.1) is 0 Å². The van der Waals surface area contributed by atoms with Gasteiger partial charge in [0, 0.05) is 37.2 Å². The molecule has 1 atom stereocenters. The maximum absolute atomic E-state index is 13.2. The highest BCUT2D eigenvalue weighted by molar-refractivity contribution is 6.05. The van der Waals surface area contributed by atoms with Crippen LogP contribution >= 0.6 is 0 Å². The maximum atomic E-state index is 13.2. The molecule has 2 aliphatic heterocycles. The molecule has 0 radical (unpaired) electrons. The molecule has 5 rings (SSSR count). The van der Waals surface area contributed by atoms with Crippen molar-refractivity contribution in [1.29, 1.82) is 0 Å². The molecule has 160 valence electrons. The minimum absolute atomic E-state index is 0.141. The molecule has 1 fully saturated rings. The van der Waals surface area contributed by atoms with E-state index in [1.54, 1.807) is 4.90 Å². The van der Waals surface area contributed by atoms with Gasteiger partial charge in [0.1, 0.15) is 6.04 Å². The van der Waals surface area contributed by atoms with Gasteiger partial charge < -0.3 is 16.0 Å². The fraction of sp³-hybridized carbons (Fsp3) is 0.375. The summed E-state index contributed by atoms with van der Waals surface area (Å²) >= 11 is 0. The molecule has 7 heteroatoms. The topological polar surface area (TPSA) is 105 Å². The third kappa shape index (κ3) is 3.64. The summed E-state index contributed by atoms with van der Waals surface area (Å²) in [7, 11) is 0. The largest absolute Gasteiger partial charge is 0.323 e. The van der Waals surface area contributed by atoms with Crippen molar-refractivity contribution >= 4 is 17.7 Å². The van der Waals surface area contributed by atoms with Crippen molar-refractivity contribution < 1.29 is 14.4 Å². The Kier molecular flexibility index (Phi) is 4.87. The van der Waals surface area contributed by atoms with Gasteiger partial charge in [-0.2, -0.15) is 0 Å². The average molecular weight is 418 g/mol. The summed E-state index contributed by atoms with van der Waals surface area (Å²) in [6, 6.07) is 13.6. The van der Waals surface area contributed by atoms with E-state index in [4.69, 9.17) is 5.73 Å². The van der Waals surface area contributed by atoms with Crippen LogP contribution in [-0.4, -0.2) is 40.7 Å². The number of hydrogen-bond donors (Lipinski definition) is 3. The van der Waals surface area contributed by atoms with Gasteiger partial charge in [-0.3, -0.25) is 19.7 Å². The Morgan fingerprint density at radius 2 is 1.74 bits per heavy atom. The molecular formula is C24H26N4O3. The van der Waals surface area contributed by atoms with Gasteiger partial charge in [0.25, 0.3) is 5.91 Å². The van der Waals surface area contributed by atoms with E-state index in [0.717, 1.165) is 24.0 Å². The number of nitrogens with one attached hydrogen (secondary N) is 2. The molecule has 2 aromatic rings. The molecule has 1 saturated heterocycles. The fourth-order valence-corrected chi connectivity index (χ4v) is 5.13. The van der Waals surface area contributed by atoms with Gasteiger partial charge in [0.05, 0.1) is 0 Å². The minimum atomic E-state index is -0.595. The van der Waals surface area contributed by atoms with Crippen molar-refractivity contribution in [3.63, 3.8) is 0 Å². The molecule has 3 amide bonds. The Morgan fingerprint density at radius 1 is 1.03 bits per heavy atom. The van der Waals surface area contributed by atoms with Crippen molar-refractivity contribution in [2.75, 3.05) is 6.54 Å². The molecule has 0 saturated carbocycles. The molecule has 7 nitrogen and oxygen atoms in total. The number of carbonyl (C=O) groups excluding carboxylic acids is 3. The highest BCUT2D eigenvalue weighted by Crippen LogP contribution is 2.31. The second kappa shape index (κ2) is 7.59. The summed E-state index contributed by atoms with van der Waals surface area (Å²) in [6.07, 6.45) is 2.30. The summed E-state index contributed by atoms with van der Waals surface area (Å²) in [5.41, 5.74) is 11.4. The Bertz CT molecular complexity index is 1060. The lowest BCUT2D eigenvalue weighted by Gasteiger charge is -2.29. The maximum Gasteiger partial charge on any atom is 0.255 e. The van der Waals surface area contributed by atoms with E-state index >= 15 is 0 Å². The minimum Gasteiger partial charge on any atom is -0.323 e. The van der Waals surface area contributed by atoms with Crippen LogP contribution in [0.4, 0.5) is 0 Å². The van der Waals surface area contributed by atoms with Gasteiger partial charge in [-0.05, 0) is 41.5 Å². The third-order valence-corrected chi connectivity index (χ3v) is 6.63. The number of hydrogen-bond acceptors (Lipinski definition) is 5. The zero-order valence-electron chi connectivity index (χ0n) is 17.3. The zero-order valence-corrected chi connectivity index (χ0v) is 17.3. The van der Waals surface area contributed by atoms with Crippen LogP contribution in [0.25, 0.3) is 0 Å². The number of fused-ring (bicyclic) bond motifs is 2. The summed E-state index contributed by atoms with van der Waals surface area (Å²) in [4.78, 5) is 38.5. The van der Waals surface area contributed by atoms with Crippen LogP contribution in [0.1, 0.15) is 45.5 Å². The highest BCUT2D eigenvalue weighted by Gasteiger charge is 2.40. The molecule has 3 aliphatic rings. The van der Waals surface area contributed by atoms with Gasteiger partial charge in [-0.1, -0.05) is 42.5 Å². The third-order valence-electron chi connectivity index (χ3n) is 6.63. The average Bonchev–Trinajstić information content (AvgIpc) is 3.25. The van der Waals surface area contributed by atoms with Gasteiger partial charge >= 0.3 is 0 Å². The van der Waals surface area contributed by atoms with Crippen LogP contribution in [0.2, 0.25) is 0 Å². The number of nitrogens with zero attached hydrogens (tertiary/aromatic N) is 1. The van der Waals surface area contributed by atoms with Crippen LogP contribution in [0, 0.1) is 0 Å². The van der Waals surface area contributed by atoms with E-state index in [0.29, 0.717) is 31.6 Å². The predicted octanol–water partition coefficient (Wildman–Crippen LogP) is 1.03. The Labute approximate surface area is 181 Å². The first-order valence-corrected chi connectivity index (χ1v) is 10.8. The van der Waals surface area contributed by atoms with E-state index in [1.165, 1.54) is 11.1 Å². The molecule has 1 aliphatic carbocycles. The Hall–Kier alpha value is -3.03. The predicted molar refractivity (Wildman–Crippen MR) is 115 cm³/mol. The zero-order chi connectivity index (χ0) is 21.6. The fourth-order valence-electron chi connectivity index (χ4n) is 5.13. The van der Waals surface area contributed by atoms with Gasteiger partial charge in [0.15, 0.2) is 0 Å². The summed E-state index contributed by atoms with van der Waals surface area (Å²) in [5.74, 6) is -0.805. The van der Waals surface area contributed by atoms with E-state index in [-0.39, 0.29) is 29.7 Å². The first-order valence-electron chi connectivity index (χ1n) is 10.8. The summed E-state index contributed by atoms with van der Waals surface area (Å²) in [6.45, 7) is 1.58. The first-order chi connectivity index (χ1) is 14.9. The van der Waals surface area contributed by atoms with Crippen LogP contribution < -0.4 is 16.4 Å². The van der Waals surface area contributed by atoms with Crippen molar-refractivity contribution in [2.24, 2.45) is 5.73 Å². The van der Waals surface area contributed by atoms with Crippen molar-refractivity contribution in [1.82, 2.24) is 15.5 Å². The second-order valence-electron chi connectivity index (χ2n) is 8.94. The van der Waals surface area contributed by atoms with Crippen molar-refractivity contribution in [2.45, 2.75) is 50.4 Å². The van der Waals surface area contributed by atoms with Crippen LogP contribution in [0.3, 0.4) is 0 Å². The van der Waals surface area contributed by atoms with Crippen LogP contribution in [-0.2, 0) is 35.5 Å². The number of nitrogens with two attached hydrogens (primary N) is 1. The quantitative estimate of drug-likeness (QED) is 0.630. The lowest BCUT2D eigenvalue weighted by Crippen LogP contribution is -2.52. The van der Waals surface area contributed by atoms with E-state index in [9.17, 15) is 14.4 Å². The van der Waals surface area contributed by atoms with Crippen molar-refractivity contribution in [3.05, 3.63) is 70.3 Å². The van der Waals surface area contributed by atoms with E-state index in [2.05, 4.69) is 22.8 Å². The van der Waals surface area contributed by atoms with Crippen molar-refractivity contribution in [3.8, 4) is 0 Å². The van der Waals surface area contributed by atoms with Crippen LogP contribution in [0.5, 0.6) is 0 Å². The Balaban J connectivity index is 1.26. The lowest BCUT2D eigenvalue weighted by molar-refractivity contribution is -0.136.